The van der Waals surface area contributed by atoms with Crippen molar-refractivity contribution in [3.8, 4) is 12.3 Å². The zero-order valence-corrected chi connectivity index (χ0v) is 10.3. The molecule has 1 aromatic carbocycles. The maximum atomic E-state index is 9.90. The minimum atomic E-state index is -0.579. The van der Waals surface area contributed by atoms with Crippen LogP contribution in [0.15, 0.2) is 24.3 Å². The van der Waals surface area contributed by atoms with E-state index in [4.69, 9.17) is 18.0 Å². The fourth-order valence-corrected chi connectivity index (χ4v) is 1.33. The van der Waals surface area contributed by atoms with Gasteiger partial charge in [0, 0.05) is 11.6 Å². The van der Waals surface area contributed by atoms with Crippen molar-refractivity contribution in [3.05, 3.63) is 34.9 Å². The summed E-state index contributed by atoms with van der Waals surface area (Å²) >= 11 is 5.76. The third-order valence-corrected chi connectivity index (χ3v) is 2.60. The third-order valence-electron chi connectivity index (χ3n) is 2.35. The molecule has 1 unspecified atom stereocenters. The van der Waals surface area contributed by atoms with Crippen molar-refractivity contribution in [2.45, 2.75) is 25.5 Å². The van der Waals surface area contributed by atoms with Gasteiger partial charge in [-0.2, -0.15) is 0 Å². The first-order valence-electron chi connectivity index (χ1n) is 5.11. The molecule has 0 aliphatic carbocycles. The molecule has 0 heterocycles. The number of hydrogen-bond donors (Lipinski definition) is 2. The summed E-state index contributed by atoms with van der Waals surface area (Å²) in [6.07, 6.45) is 4.76. The van der Waals surface area contributed by atoms with Crippen molar-refractivity contribution in [3.63, 3.8) is 0 Å². The van der Waals surface area contributed by atoms with Crippen molar-refractivity contribution in [2.24, 2.45) is 0 Å². The van der Waals surface area contributed by atoms with Crippen molar-refractivity contribution in [1.82, 2.24) is 5.32 Å². The molecule has 3 heteroatoms. The Morgan fingerprint density at radius 2 is 2.00 bits per heavy atom. The van der Waals surface area contributed by atoms with E-state index in [-0.39, 0.29) is 0 Å². The van der Waals surface area contributed by atoms with E-state index < -0.39 is 11.6 Å². The van der Waals surface area contributed by atoms with E-state index in [1.165, 1.54) is 0 Å². The van der Waals surface area contributed by atoms with Crippen LogP contribution in [0.3, 0.4) is 0 Å². The Bertz CT molecular complexity index is 378. The molecule has 0 aliphatic rings. The number of aliphatic hydroxyl groups is 1. The number of benzene rings is 1. The molecule has 0 aliphatic heterocycles. The van der Waals surface area contributed by atoms with Gasteiger partial charge in [-0.1, -0.05) is 29.7 Å². The summed E-state index contributed by atoms with van der Waals surface area (Å²) in [6, 6.07) is 7.12. The molecule has 1 atom stereocenters. The molecule has 0 aromatic heterocycles. The lowest BCUT2D eigenvalue weighted by molar-refractivity contribution is 0.167. The van der Waals surface area contributed by atoms with Crippen LogP contribution in [0.5, 0.6) is 0 Å². The number of nitrogens with one attached hydrogen (secondary N) is 1. The van der Waals surface area contributed by atoms with Crippen LogP contribution in [0.2, 0.25) is 5.02 Å². The standard InChI is InChI=1S/C13H16ClNO/c1-4-13(2,3)15-9-12(16)10-5-7-11(14)8-6-10/h1,5-8,12,15-16H,9H2,2-3H3. The van der Waals surface area contributed by atoms with Gasteiger partial charge in [-0.15, -0.1) is 6.42 Å². The number of rotatable bonds is 4. The lowest BCUT2D eigenvalue weighted by Gasteiger charge is -2.22. The molecule has 2 N–H and O–H groups in total. The Balaban J connectivity index is 2.57. The van der Waals surface area contributed by atoms with Crippen LogP contribution in [0.25, 0.3) is 0 Å². The predicted octanol–water partition coefficient (Wildman–Crippen LogP) is 2.37. The molecule has 1 aromatic rings. The highest BCUT2D eigenvalue weighted by Crippen LogP contribution is 2.16. The highest BCUT2D eigenvalue weighted by Gasteiger charge is 2.15. The van der Waals surface area contributed by atoms with Gasteiger partial charge in [-0.3, -0.25) is 5.32 Å². The van der Waals surface area contributed by atoms with Crippen LogP contribution >= 0.6 is 11.6 Å². The predicted molar refractivity (Wildman–Crippen MR) is 67.3 cm³/mol. The van der Waals surface area contributed by atoms with Crippen LogP contribution < -0.4 is 5.32 Å². The van der Waals surface area contributed by atoms with Crippen LogP contribution in [0.4, 0.5) is 0 Å². The van der Waals surface area contributed by atoms with Gasteiger partial charge >= 0.3 is 0 Å². The molecule has 16 heavy (non-hydrogen) atoms. The van der Waals surface area contributed by atoms with E-state index in [1.807, 2.05) is 13.8 Å². The number of aliphatic hydroxyl groups excluding tert-OH is 1. The van der Waals surface area contributed by atoms with Crippen molar-refractivity contribution in [2.75, 3.05) is 6.54 Å². The quantitative estimate of drug-likeness (QED) is 0.789. The zero-order chi connectivity index (χ0) is 12.2. The van der Waals surface area contributed by atoms with Gasteiger partial charge in [-0.25, -0.2) is 0 Å². The van der Waals surface area contributed by atoms with E-state index >= 15 is 0 Å². The van der Waals surface area contributed by atoms with Gasteiger partial charge in [0.1, 0.15) is 0 Å². The van der Waals surface area contributed by atoms with Crippen molar-refractivity contribution < 1.29 is 5.11 Å². The Labute approximate surface area is 102 Å². The van der Waals surface area contributed by atoms with E-state index in [1.54, 1.807) is 24.3 Å². The van der Waals surface area contributed by atoms with E-state index in [0.29, 0.717) is 11.6 Å². The van der Waals surface area contributed by atoms with Gasteiger partial charge in [0.15, 0.2) is 0 Å². The normalized spacial score (nSPS) is 13.2. The average Bonchev–Trinajstić information content (AvgIpc) is 2.27. The molecule has 2 nitrogen and oxygen atoms in total. The topological polar surface area (TPSA) is 32.3 Å². The van der Waals surface area contributed by atoms with E-state index in [0.717, 1.165) is 5.56 Å². The lowest BCUT2D eigenvalue weighted by atomic mass is 10.1. The van der Waals surface area contributed by atoms with Gasteiger partial charge in [0.2, 0.25) is 0 Å². The molecule has 0 spiro atoms. The smallest absolute Gasteiger partial charge is 0.0914 e. The summed E-state index contributed by atoms with van der Waals surface area (Å²) in [5.74, 6) is 2.61. The van der Waals surface area contributed by atoms with Gasteiger partial charge in [0.25, 0.3) is 0 Å². The highest BCUT2D eigenvalue weighted by atomic mass is 35.5. The second kappa shape index (κ2) is 5.36. The van der Waals surface area contributed by atoms with Gasteiger partial charge in [-0.05, 0) is 31.5 Å². The monoisotopic (exact) mass is 237 g/mol. The van der Waals surface area contributed by atoms with Gasteiger partial charge < -0.3 is 5.11 Å². The maximum absolute atomic E-state index is 9.90. The second-order valence-electron chi connectivity index (χ2n) is 4.22. The molecule has 0 radical (unpaired) electrons. The van der Waals surface area contributed by atoms with E-state index in [2.05, 4.69) is 11.2 Å². The molecular weight excluding hydrogens is 222 g/mol. The van der Waals surface area contributed by atoms with Crippen LogP contribution in [0.1, 0.15) is 25.5 Å². The molecule has 86 valence electrons. The summed E-state index contributed by atoms with van der Waals surface area (Å²) < 4.78 is 0. The first kappa shape index (κ1) is 13.1. The minimum absolute atomic E-state index is 0.409. The Morgan fingerprint density at radius 3 is 2.50 bits per heavy atom. The summed E-state index contributed by atoms with van der Waals surface area (Å²) in [4.78, 5) is 0. The van der Waals surface area contributed by atoms with Crippen molar-refractivity contribution >= 4 is 11.6 Å². The lowest BCUT2D eigenvalue weighted by Crippen LogP contribution is -2.40. The second-order valence-corrected chi connectivity index (χ2v) is 4.65. The van der Waals surface area contributed by atoms with Crippen LogP contribution in [-0.2, 0) is 0 Å². The zero-order valence-electron chi connectivity index (χ0n) is 9.50. The molecule has 0 bridgehead atoms. The SMILES string of the molecule is C#CC(C)(C)NCC(O)c1ccc(Cl)cc1. The summed E-state index contributed by atoms with van der Waals surface area (Å²) in [7, 11) is 0. The third kappa shape index (κ3) is 3.86. The Morgan fingerprint density at radius 1 is 1.44 bits per heavy atom. The highest BCUT2D eigenvalue weighted by molar-refractivity contribution is 6.30. The number of terminal acetylenes is 1. The molecule has 0 fully saturated rings. The molecule has 0 saturated heterocycles. The molecular formula is C13H16ClNO. The van der Waals surface area contributed by atoms with Gasteiger partial charge in [0.05, 0.1) is 11.6 Å². The average molecular weight is 238 g/mol. The summed E-state index contributed by atoms with van der Waals surface area (Å²) in [6.45, 7) is 4.20. The number of halogens is 1. The van der Waals surface area contributed by atoms with Crippen LogP contribution in [-0.4, -0.2) is 17.2 Å². The van der Waals surface area contributed by atoms with E-state index in [9.17, 15) is 5.11 Å². The van der Waals surface area contributed by atoms with Crippen LogP contribution in [0, 0.1) is 12.3 Å². The molecule has 0 amide bonds. The number of hydrogen-bond acceptors (Lipinski definition) is 2. The molecule has 1 rings (SSSR count). The number of β-amino-alcohol motifs (C(OH)–C–C–N with tert-alkyl or cyclic N) is 1. The molecule has 0 saturated carbocycles. The fraction of sp³-hybridized carbons (Fsp3) is 0.385. The van der Waals surface area contributed by atoms with Crippen molar-refractivity contribution in [1.29, 1.82) is 0 Å². The minimum Gasteiger partial charge on any atom is -0.387 e. The first-order chi connectivity index (χ1) is 7.44. The Hall–Kier alpha value is -1.01. The fourth-order valence-electron chi connectivity index (χ4n) is 1.21. The summed E-state index contributed by atoms with van der Waals surface area (Å²) in [5.41, 5.74) is 0.414. The Kier molecular flexibility index (Phi) is 4.37. The maximum Gasteiger partial charge on any atom is 0.0914 e. The largest absolute Gasteiger partial charge is 0.387 e. The first-order valence-corrected chi connectivity index (χ1v) is 5.49. The summed E-state index contributed by atoms with van der Waals surface area (Å²) in [5, 5.41) is 13.7.